The maximum atomic E-state index is 12.1. The fourth-order valence-electron chi connectivity index (χ4n) is 2.31. The molecule has 0 unspecified atom stereocenters. The molecule has 0 spiro atoms. The van der Waals surface area contributed by atoms with E-state index in [9.17, 15) is 4.79 Å². The van der Waals surface area contributed by atoms with E-state index >= 15 is 0 Å². The second-order valence-electron chi connectivity index (χ2n) is 4.62. The molecule has 1 aliphatic rings. The van der Waals surface area contributed by atoms with Crippen molar-refractivity contribution >= 4 is 22.9 Å². The van der Waals surface area contributed by atoms with E-state index in [4.69, 9.17) is 0 Å². The van der Waals surface area contributed by atoms with Crippen molar-refractivity contribution in [2.45, 2.75) is 13.0 Å². The molecule has 0 fully saturated rings. The fourth-order valence-corrected chi connectivity index (χ4v) is 2.86. The minimum absolute atomic E-state index is 0.0347. The van der Waals surface area contributed by atoms with E-state index in [1.807, 2.05) is 23.6 Å². The quantitative estimate of drug-likeness (QED) is 0.931. The smallest absolute Gasteiger partial charge is 0.251 e. The summed E-state index contributed by atoms with van der Waals surface area (Å²) >= 11 is 1.55. The zero-order valence-electron chi connectivity index (χ0n) is 10.7. The number of aromatic nitrogens is 1. The summed E-state index contributed by atoms with van der Waals surface area (Å²) in [6, 6.07) is 5.91. The highest BCUT2D eigenvalue weighted by atomic mass is 32.1. The normalized spacial score (nSPS) is 13.4. The van der Waals surface area contributed by atoms with Crippen LogP contribution in [0.3, 0.4) is 0 Å². The highest BCUT2D eigenvalue weighted by Gasteiger charge is 2.17. The average Bonchev–Trinajstić information content (AvgIpc) is 3.06. The van der Waals surface area contributed by atoms with Crippen molar-refractivity contribution < 1.29 is 4.79 Å². The van der Waals surface area contributed by atoms with Gasteiger partial charge in [-0.15, -0.1) is 11.3 Å². The van der Waals surface area contributed by atoms with Gasteiger partial charge in [0.1, 0.15) is 5.01 Å². The number of anilines is 1. The summed E-state index contributed by atoms with van der Waals surface area (Å²) < 4.78 is 0. The molecule has 1 amide bonds. The molecule has 0 saturated heterocycles. The lowest BCUT2D eigenvalue weighted by Crippen LogP contribution is -2.22. The van der Waals surface area contributed by atoms with E-state index in [1.54, 1.807) is 17.5 Å². The van der Waals surface area contributed by atoms with E-state index in [1.165, 1.54) is 11.3 Å². The molecule has 4 nitrogen and oxygen atoms in total. The Morgan fingerprint density at radius 1 is 1.53 bits per heavy atom. The number of thiazole rings is 1. The molecular formula is C14H15N3OS. The topological polar surface area (TPSA) is 45.2 Å². The molecule has 1 N–H and O–H groups in total. The predicted molar refractivity (Wildman–Crippen MR) is 76.7 cm³/mol. The summed E-state index contributed by atoms with van der Waals surface area (Å²) in [4.78, 5) is 18.4. The Kier molecular flexibility index (Phi) is 3.21. The summed E-state index contributed by atoms with van der Waals surface area (Å²) in [6.45, 7) is 1.52. The van der Waals surface area contributed by atoms with E-state index in [-0.39, 0.29) is 5.91 Å². The number of carbonyl (C=O) groups is 1. The Labute approximate surface area is 116 Å². The summed E-state index contributed by atoms with van der Waals surface area (Å²) in [7, 11) is 2.08. The molecule has 0 saturated carbocycles. The molecule has 2 heterocycles. The molecule has 19 heavy (non-hydrogen) atoms. The van der Waals surface area contributed by atoms with Gasteiger partial charge in [-0.05, 0) is 30.2 Å². The lowest BCUT2D eigenvalue weighted by molar-refractivity contribution is 0.0951. The van der Waals surface area contributed by atoms with Crippen molar-refractivity contribution in [3.8, 4) is 0 Å². The van der Waals surface area contributed by atoms with Crippen molar-refractivity contribution in [1.29, 1.82) is 0 Å². The van der Waals surface area contributed by atoms with Crippen LogP contribution in [0.15, 0.2) is 29.8 Å². The van der Waals surface area contributed by atoms with Gasteiger partial charge in [-0.2, -0.15) is 0 Å². The number of hydrogen-bond donors (Lipinski definition) is 1. The van der Waals surface area contributed by atoms with Gasteiger partial charge in [-0.3, -0.25) is 4.79 Å². The maximum absolute atomic E-state index is 12.1. The number of fused-ring (bicyclic) bond motifs is 1. The van der Waals surface area contributed by atoms with Crippen LogP contribution >= 0.6 is 11.3 Å². The van der Waals surface area contributed by atoms with E-state index < -0.39 is 0 Å². The Balaban J connectivity index is 1.70. The fraction of sp³-hybridized carbons (Fsp3) is 0.286. The molecule has 0 aliphatic carbocycles. The molecule has 1 aromatic carbocycles. The van der Waals surface area contributed by atoms with Crippen LogP contribution in [0.1, 0.15) is 20.9 Å². The monoisotopic (exact) mass is 273 g/mol. The lowest BCUT2D eigenvalue weighted by atomic mass is 10.1. The third-order valence-corrected chi connectivity index (χ3v) is 4.13. The minimum Gasteiger partial charge on any atom is -0.374 e. The van der Waals surface area contributed by atoms with Gasteiger partial charge in [-0.1, -0.05) is 0 Å². The number of amides is 1. The maximum Gasteiger partial charge on any atom is 0.251 e. The largest absolute Gasteiger partial charge is 0.374 e. The Morgan fingerprint density at radius 2 is 2.42 bits per heavy atom. The van der Waals surface area contributed by atoms with Crippen LogP contribution in [0.2, 0.25) is 0 Å². The first-order chi connectivity index (χ1) is 9.24. The first-order valence-corrected chi connectivity index (χ1v) is 7.12. The van der Waals surface area contributed by atoms with Crippen LogP contribution in [0.4, 0.5) is 5.69 Å². The van der Waals surface area contributed by atoms with Gasteiger partial charge < -0.3 is 10.2 Å². The first kappa shape index (κ1) is 12.2. The molecule has 3 rings (SSSR count). The number of rotatable bonds is 3. The first-order valence-electron chi connectivity index (χ1n) is 6.24. The van der Waals surface area contributed by atoms with Gasteiger partial charge in [0, 0.05) is 36.4 Å². The second-order valence-corrected chi connectivity index (χ2v) is 5.60. The minimum atomic E-state index is -0.0347. The van der Waals surface area contributed by atoms with Crippen LogP contribution in [0, 0.1) is 0 Å². The molecule has 1 aliphatic heterocycles. The van der Waals surface area contributed by atoms with Gasteiger partial charge >= 0.3 is 0 Å². The molecule has 0 atom stereocenters. The highest BCUT2D eigenvalue weighted by Crippen LogP contribution is 2.27. The van der Waals surface area contributed by atoms with Crippen molar-refractivity contribution in [1.82, 2.24) is 10.3 Å². The molecular weight excluding hydrogens is 258 g/mol. The van der Waals surface area contributed by atoms with Gasteiger partial charge in [-0.25, -0.2) is 4.98 Å². The van der Waals surface area contributed by atoms with Crippen molar-refractivity contribution in [3.63, 3.8) is 0 Å². The SMILES string of the molecule is CN1CCc2cc(C(=O)NCc3nccs3)ccc21. The van der Waals surface area contributed by atoms with Crippen LogP contribution < -0.4 is 10.2 Å². The Hall–Kier alpha value is -1.88. The summed E-state index contributed by atoms with van der Waals surface area (Å²) in [6.07, 6.45) is 2.76. The Bertz CT molecular complexity index is 595. The van der Waals surface area contributed by atoms with Crippen molar-refractivity contribution in [3.05, 3.63) is 45.9 Å². The Morgan fingerprint density at radius 3 is 3.21 bits per heavy atom. The van der Waals surface area contributed by atoms with Gasteiger partial charge in [0.05, 0.1) is 6.54 Å². The van der Waals surface area contributed by atoms with E-state index in [2.05, 4.69) is 22.2 Å². The zero-order valence-corrected chi connectivity index (χ0v) is 11.5. The van der Waals surface area contributed by atoms with Crippen LogP contribution in [0.5, 0.6) is 0 Å². The predicted octanol–water partition coefficient (Wildman–Crippen LogP) is 2.07. The molecule has 98 valence electrons. The standard InChI is InChI=1S/C14H15N3OS/c1-17-6-4-10-8-11(2-3-12(10)17)14(18)16-9-13-15-5-7-19-13/h2-3,5,7-8H,4,6,9H2,1H3,(H,16,18). The van der Waals surface area contributed by atoms with Crippen LogP contribution in [-0.2, 0) is 13.0 Å². The average molecular weight is 273 g/mol. The molecule has 5 heteroatoms. The number of benzene rings is 1. The van der Waals surface area contributed by atoms with Gasteiger partial charge in [0.25, 0.3) is 5.91 Å². The zero-order chi connectivity index (χ0) is 13.2. The van der Waals surface area contributed by atoms with E-state index in [0.29, 0.717) is 6.54 Å². The number of hydrogen-bond acceptors (Lipinski definition) is 4. The van der Waals surface area contributed by atoms with Gasteiger partial charge in [0.15, 0.2) is 0 Å². The number of nitrogens with zero attached hydrogens (tertiary/aromatic N) is 2. The third-order valence-electron chi connectivity index (χ3n) is 3.35. The molecule has 0 radical (unpaired) electrons. The number of nitrogens with one attached hydrogen (secondary N) is 1. The number of likely N-dealkylation sites (N-methyl/N-ethyl adjacent to an activating group) is 1. The molecule has 1 aromatic heterocycles. The molecule has 2 aromatic rings. The number of carbonyl (C=O) groups excluding carboxylic acids is 1. The van der Waals surface area contributed by atoms with Crippen LogP contribution in [-0.4, -0.2) is 24.5 Å². The summed E-state index contributed by atoms with van der Waals surface area (Å²) in [5.41, 5.74) is 3.21. The summed E-state index contributed by atoms with van der Waals surface area (Å²) in [5, 5.41) is 5.73. The molecule has 0 bridgehead atoms. The van der Waals surface area contributed by atoms with Crippen molar-refractivity contribution in [2.75, 3.05) is 18.5 Å². The lowest BCUT2D eigenvalue weighted by Gasteiger charge is -2.12. The third kappa shape index (κ3) is 2.46. The second kappa shape index (κ2) is 5.01. The van der Waals surface area contributed by atoms with Crippen molar-refractivity contribution in [2.24, 2.45) is 0 Å². The highest BCUT2D eigenvalue weighted by molar-refractivity contribution is 7.09. The van der Waals surface area contributed by atoms with Gasteiger partial charge in [0.2, 0.25) is 0 Å². The summed E-state index contributed by atoms with van der Waals surface area (Å²) in [5.74, 6) is -0.0347. The van der Waals surface area contributed by atoms with E-state index in [0.717, 1.165) is 23.5 Å². The van der Waals surface area contributed by atoms with Crippen LogP contribution in [0.25, 0.3) is 0 Å².